The van der Waals surface area contributed by atoms with Gasteiger partial charge in [0.1, 0.15) is 13.1 Å². The molecule has 0 saturated carbocycles. The van der Waals surface area contributed by atoms with E-state index in [0.717, 1.165) is 13.1 Å². The van der Waals surface area contributed by atoms with Crippen LogP contribution in [0.3, 0.4) is 0 Å². The Morgan fingerprint density at radius 1 is 0.600 bits per heavy atom. The van der Waals surface area contributed by atoms with E-state index in [1.165, 1.54) is 25.7 Å². The number of aromatic nitrogens is 2. The summed E-state index contributed by atoms with van der Waals surface area (Å²) in [5.41, 5.74) is 0. The quantitative estimate of drug-likeness (QED) is 0.414. The van der Waals surface area contributed by atoms with E-state index in [0.29, 0.717) is 0 Å². The van der Waals surface area contributed by atoms with E-state index in [4.69, 9.17) is 0 Å². The van der Waals surface area contributed by atoms with Crippen molar-refractivity contribution >= 4 is 20.2 Å². The van der Waals surface area contributed by atoms with Gasteiger partial charge in [0.2, 0.25) is 0 Å². The summed E-state index contributed by atoms with van der Waals surface area (Å²) in [5, 5.41) is 0. The predicted octanol–water partition coefficient (Wildman–Crippen LogP) is 1.63. The Morgan fingerprint density at radius 3 is 1.13 bits per heavy atom. The van der Waals surface area contributed by atoms with E-state index in [-0.39, 0.29) is 0 Å². The van der Waals surface area contributed by atoms with Gasteiger partial charge in [0.25, 0.3) is 0 Å². The van der Waals surface area contributed by atoms with Gasteiger partial charge < -0.3 is 9.11 Å². The average Bonchev–Trinajstić information content (AvgIpc) is 2.71. The highest BCUT2D eigenvalue weighted by Gasteiger charge is 1.99. The van der Waals surface area contributed by atoms with Crippen LogP contribution >= 0.6 is 0 Å². The number of hydrogen-bond donors (Lipinski definition) is 0. The van der Waals surface area contributed by atoms with Crippen molar-refractivity contribution < 1.29 is 35.1 Å². The number of aryl methyl sites for hydroxylation is 2. The van der Waals surface area contributed by atoms with Crippen LogP contribution in [0.4, 0.5) is 0 Å². The van der Waals surface area contributed by atoms with Gasteiger partial charge in [-0.15, -0.1) is 0 Å². The van der Waals surface area contributed by atoms with Crippen molar-refractivity contribution in [2.24, 2.45) is 0 Å². The minimum absolute atomic E-state index is 1.15. The van der Waals surface area contributed by atoms with E-state index < -0.39 is 31.7 Å². The van der Waals surface area contributed by atoms with E-state index in [9.17, 15) is 25.9 Å². The van der Waals surface area contributed by atoms with Crippen LogP contribution in [0, 0.1) is 0 Å². The maximum atomic E-state index is 9.72. The fourth-order valence-corrected chi connectivity index (χ4v) is 3.69. The van der Waals surface area contributed by atoms with Crippen molar-refractivity contribution in [3.05, 3.63) is 61.2 Å². The molecule has 0 bridgehead atoms. The number of hydrogen-bond acceptors (Lipinski definition) is 6. The van der Waals surface area contributed by atoms with Crippen molar-refractivity contribution in [2.75, 3.05) is 11.5 Å². The molecule has 0 saturated heterocycles. The molecule has 2 heterocycles. The topological polar surface area (TPSA) is 122 Å². The van der Waals surface area contributed by atoms with E-state index in [1.54, 1.807) is 0 Å². The lowest BCUT2D eigenvalue weighted by Crippen LogP contribution is -2.31. The molecule has 8 nitrogen and oxygen atoms in total. The zero-order chi connectivity index (χ0) is 22.9. The first kappa shape index (κ1) is 28.1. The lowest BCUT2D eigenvalue weighted by Gasteiger charge is -2.08. The molecule has 0 aromatic carbocycles. The van der Waals surface area contributed by atoms with Gasteiger partial charge in [-0.3, -0.25) is 0 Å². The van der Waals surface area contributed by atoms with Crippen LogP contribution in [0.5, 0.6) is 0 Å². The summed E-state index contributed by atoms with van der Waals surface area (Å²) in [7, 11) is -9.17. The van der Waals surface area contributed by atoms with Crippen LogP contribution in [0.1, 0.15) is 39.5 Å². The molecule has 0 fully saturated rings. The van der Waals surface area contributed by atoms with Crippen molar-refractivity contribution in [3.63, 3.8) is 0 Å². The summed E-state index contributed by atoms with van der Waals surface area (Å²) in [5.74, 6) is -2.31. The smallest absolute Gasteiger partial charge is 0.168 e. The highest BCUT2D eigenvalue weighted by Crippen LogP contribution is 1.87. The van der Waals surface area contributed by atoms with Gasteiger partial charge in [0, 0.05) is 37.1 Å². The largest absolute Gasteiger partial charge is 0.748 e. The Morgan fingerprint density at radius 2 is 0.900 bits per heavy atom. The molecule has 10 heteroatoms. The third kappa shape index (κ3) is 19.4. The molecule has 0 N–H and O–H groups in total. The third-order valence-electron chi connectivity index (χ3n) is 3.68. The zero-order valence-corrected chi connectivity index (χ0v) is 19.2. The molecule has 0 amide bonds. The summed E-state index contributed by atoms with van der Waals surface area (Å²) in [6.45, 7) is 6.72. The van der Waals surface area contributed by atoms with Gasteiger partial charge in [-0.25, -0.2) is 26.0 Å². The molecular formula is C20H32N2O6S2. The van der Waals surface area contributed by atoms with Gasteiger partial charge in [0.15, 0.2) is 24.8 Å². The summed E-state index contributed by atoms with van der Waals surface area (Å²) < 4.78 is 62.7. The normalized spacial score (nSPS) is 10.9. The van der Waals surface area contributed by atoms with E-state index >= 15 is 0 Å². The molecule has 0 aliphatic rings. The first-order valence-corrected chi connectivity index (χ1v) is 13.0. The van der Waals surface area contributed by atoms with Crippen LogP contribution in [0.15, 0.2) is 61.2 Å². The second kappa shape index (κ2) is 15.9. The average molecular weight is 461 g/mol. The standard InChI is InChI=1S/2C9H14N.C2H6O6S2/c2*1-2-3-7-10-8-5-4-6-9-10;3-9(4,5)1-2-10(6,7)8/h2*4-6,8-9H,2-3,7H2,1H3;1-2H2,(H,3,4,5)(H,6,7,8)/q2*+1;/p-2. The molecule has 0 radical (unpaired) electrons. The van der Waals surface area contributed by atoms with Crippen LogP contribution in [-0.4, -0.2) is 37.4 Å². The maximum absolute atomic E-state index is 9.72. The second-order valence-electron chi connectivity index (χ2n) is 6.46. The molecule has 2 aromatic rings. The Hall–Kier alpha value is -1.88. The van der Waals surface area contributed by atoms with Crippen LogP contribution in [0.25, 0.3) is 0 Å². The molecule has 170 valence electrons. The predicted molar refractivity (Wildman–Crippen MR) is 112 cm³/mol. The SMILES string of the molecule is CCCC[n+]1ccccc1.CCCC[n+]1ccccc1.O=S(=O)([O-])CCS(=O)(=O)[O-]. The first-order valence-electron chi connectivity index (χ1n) is 9.82. The second-order valence-corrected chi connectivity index (χ2v) is 9.50. The number of unbranched alkanes of at least 4 members (excludes halogenated alkanes) is 2. The highest BCUT2D eigenvalue weighted by molar-refractivity contribution is 7.89. The molecule has 0 spiro atoms. The minimum atomic E-state index is -4.59. The summed E-state index contributed by atoms with van der Waals surface area (Å²) >= 11 is 0. The molecule has 0 unspecified atom stereocenters. The Balaban J connectivity index is 0.000000420. The zero-order valence-electron chi connectivity index (χ0n) is 17.6. The maximum Gasteiger partial charge on any atom is 0.168 e. The molecule has 30 heavy (non-hydrogen) atoms. The van der Waals surface area contributed by atoms with Gasteiger partial charge in [-0.05, 0) is 0 Å². The van der Waals surface area contributed by atoms with E-state index in [1.807, 2.05) is 12.1 Å². The number of rotatable bonds is 9. The molecule has 0 aliphatic carbocycles. The Kier molecular flexibility index (Phi) is 14.9. The third-order valence-corrected chi connectivity index (χ3v) is 5.34. The fraction of sp³-hybridized carbons (Fsp3) is 0.500. The van der Waals surface area contributed by atoms with Crippen molar-refractivity contribution in [1.29, 1.82) is 0 Å². The Labute approximate surface area is 180 Å². The van der Waals surface area contributed by atoms with Crippen LogP contribution in [-0.2, 0) is 33.3 Å². The lowest BCUT2D eigenvalue weighted by atomic mass is 10.3. The molecule has 0 atom stereocenters. The molecule has 2 aromatic heterocycles. The van der Waals surface area contributed by atoms with Gasteiger partial charge in [0.05, 0.1) is 31.7 Å². The van der Waals surface area contributed by atoms with Crippen molar-refractivity contribution in [2.45, 2.75) is 52.6 Å². The Bertz CT molecular complexity index is 799. The monoisotopic (exact) mass is 460 g/mol. The van der Waals surface area contributed by atoms with Crippen molar-refractivity contribution in [3.8, 4) is 0 Å². The van der Waals surface area contributed by atoms with Gasteiger partial charge in [-0.1, -0.05) is 38.8 Å². The summed E-state index contributed by atoms with van der Waals surface area (Å²) in [6, 6.07) is 12.3. The molecule has 0 aliphatic heterocycles. The summed E-state index contributed by atoms with van der Waals surface area (Å²) in [6.07, 6.45) is 13.5. The van der Waals surface area contributed by atoms with Crippen LogP contribution < -0.4 is 9.13 Å². The number of nitrogens with zero attached hydrogens (tertiary/aromatic N) is 2. The number of pyridine rings is 2. The lowest BCUT2D eigenvalue weighted by molar-refractivity contribution is -0.697. The molecular weight excluding hydrogens is 428 g/mol. The summed E-state index contributed by atoms with van der Waals surface area (Å²) in [4.78, 5) is 0. The van der Waals surface area contributed by atoms with Gasteiger partial charge >= 0.3 is 0 Å². The van der Waals surface area contributed by atoms with Crippen LogP contribution in [0.2, 0.25) is 0 Å². The van der Waals surface area contributed by atoms with Gasteiger partial charge in [-0.2, -0.15) is 0 Å². The van der Waals surface area contributed by atoms with E-state index in [2.05, 4.69) is 72.0 Å². The minimum Gasteiger partial charge on any atom is -0.748 e. The first-order chi connectivity index (χ1) is 14.1. The highest BCUT2D eigenvalue weighted by atomic mass is 32.2. The van der Waals surface area contributed by atoms with Crippen molar-refractivity contribution in [1.82, 2.24) is 0 Å². The fourth-order valence-electron chi connectivity index (χ4n) is 2.05. The molecule has 2 rings (SSSR count).